The van der Waals surface area contributed by atoms with Gasteiger partial charge in [0.1, 0.15) is 0 Å². The van der Waals surface area contributed by atoms with Gasteiger partial charge in [-0.1, -0.05) is 0 Å². The Bertz CT molecular complexity index is 293. The predicted octanol–water partition coefficient (Wildman–Crippen LogP) is 1.80. The fourth-order valence-electron chi connectivity index (χ4n) is 0.980. The van der Waals surface area contributed by atoms with E-state index in [0.717, 1.165) is 10.7 Å². The minimum absolute atomic E-state index is 0.0626. The number of methoxy groups -OCH3 is 1. The summed E-state index contributed by atoms with van der Waals surface area (Å²) in [5.74, 6) is 0.0626. The Kier molecular flexibility index (Phi) is 2.94. The van der Waals surface area contributed by atoms with Crippen LogP contribution in [0.15, 0.2) is 0 Å². The first-order chi connectivity index (χ1) is 5.65. The number of carbonyl (C=O) groups excluding carboxylic acids is 1. The number of hydrogen-bond donors (Lipinski definition) is 0. The number of thiazole rings is 1. The molecule has 0 aromatic carbocycles. The Balaban J connectivity index is 2.99. The van der Waals surface area contributed by atoms with E-state index in [1.807, 2.05) is 6.92 Å². The van der Waals surface area contributed by atoms with Crippen molar-refractivity contribution in [1.29, 1.82) is 0 Å². The van der Waals surface area contributed by atoms with Crippen molar-refractivity contribution in [3.8, 4) is 0 Å². The van der Waals surface area contributed by atoms with E-state index in [4.69, 9.17) is 4.74 Å². The molecule has 1 aromatic rings. The molecule has 0 saturated carbocycles. The topological polar surface area (TPSA) is 39.2 Å². The molecule has 1 heterocycles. The van der Waals surface area contributed by atoms with Crippen molar-refractivity contribution < 1.29 is 9.53 Å². The first-order valence-corrected chi connectivity index (χ1v) is 4.43. The normalized spacial score (nSPS) is 10.2. The van der Waals surface area contributed by atoms with Crippen molar-refractivity contribution >= 4 is 17.1 Å². The van der Waals surface area contributed by atoms with Crippen LogP contribution in [0.2, 0.25) is 0 Å². The molecule has 0 saturated heterocycles. The summed E-state index contributed by atoms with van der Waals surface area (Å²) < 4.78 is 4.92. The van der Waals surface area contributed by atoms with Crippen LogP contribution in [0.4, 0.5) is 0 Å². The van der Waals surface area contributed by atoms with Crippen molar-refractivity contribution in [3.05, 3.63) is 15.6 Å². The highest BCUT2D eigenvalue weighted by atomic mass is 32.1. The molecule has 3 nitrogen and oxygen atoms in total. The number of nitrogens with zero attached hydrogens (tertiary/aromatic N) is 1. The quantitative estimate of drug-likeness (QED) is 0.674. The summed E-state index contributed by atoms with van der Waals surface area (Å²) in [6.07, 6.45) is 0. The zero-order valence-corrected chi connectivity index (χ0v) is 8.20. The van der Waals surface area contributed by atoms with Crippen molar-refractivity contribution in [2.75, 3.05) is 7.11 Å². The van der Waals surface area contributed by atoms with Crippen LogP contribution in [0.1, 0.15) is 27.3 Å². The smallest absolute Gasteiger partial charge is 0.171 e. The number of aromatic nitrogens is 1. The highest BCUT2D eigenvalue weighted by molar-refractivity contribution is 7.13. The van der Waals surface area contributed by atoms with Crippen molar-refractivity contribution in [1.82, 2.24) is 4.98 Å². The lowest BCUT2D eigenvalue weighted by Crippen LogP contribution is -1.97. The Morgan fingerprint density at radius 3 is 2.83 bits per heavy atom. The SMILES string of the molecule is COCc1nc(C)sc1C(C)=O. The molecule has 1 aromatic heterocycles. The van der Waals surface area contributed by atoms with Gasteiger partial charge in [0.05, 0.1) is 22.2 Å². The van der Waals surface area contributed by atoms with Crippen molar-refractivity contribution in [2.45, 2.75) is 20.5 Å². The minimum Gasteiger partial charge on any atom is -0.378 e. The number of rotatable bonds is 3. The maximum Gasteiger partial charge on any atom is 0.171 e. The monoisotopic (exact) mass is 185 g/mol. The standard InChI is InChI=1S/C8H11NO2S/c1-5(10)8-7(4-11-3)9-6(2)12-8/h4H2,1-3H3. The molecule has 0 radical (unpaired) electrons. The largest absolute Gasteiger partial charge is 0.378 e. The van der Waals surface area contributed by atoms with Gasteiger partial charge in [-0.2, -0.15) is 0 Å². The number of ketones is 1. The summed E-state index contributed by atoms with van der Waals surface area (Å²) in [4.78, 5) is 16.0. The van der Waals surface area contributed by atoms with Crippen LogP contribution >= 0.6 is 11.3 Å². The summed E-state index contributed by atoms with van der Waals surface area (Å²) in [6.45, 7) is 3.85. The lowest BCUT2D eigenvalue weighted by atomic mass is 10.3. The van der Waals surface area contributed by atoms with Gasteiger partial charge in [-0.05, 0) is 6.92 Å². The van der Waals surface area contributed by atoms with E-state index in [-0.39, 0.29) is 5.78 Å². The molecule has 0 unspecified atom stereocenters. The van der Waals surface area contributed by atoms with Crippen LogP contribution in [0.3, 0.4) is 0 Å². The van der Waals surface area contributed by atoms with Crippen molar-refractivity contribution in [3.63, 3.8) is 0 Å². The molecule has 0 aliphatic rings. The lowest BCUT2D eigenvalue weighted by molar-refractivity contribution is 0.101. The van der Waals surface area contributed by atoms with E-state index in [9.17, 15) is 4.79 Å². The number of Topliss-reactive ketones (excluding diaryl/α,β-unsaturated/α-hetero) is 1. The third kappa shape index (κ3) is 1.89. The second-order valence-corrected chi connectivity index (χ2v) is 3.70. The highest BCUT2D eigenvalue weighted by Gasteiger charge is 2.11. The van der Waals surface area contributed by atoms with Gasteiger partial charge < -0.3 is 4.74 Å². The minimum atomic E-state index is 0.0626. The third-order valence-corrected chi connectivity index (χ3v) is 2.52. The Labute approximate surface area is 75.4 Å². The third-order valence-electron chi connectivity index (χ3n) is 1.41. The maximum atomic E-state index is 11.1. The number of ether oxygens (including phenoxy) is 1. The first kappa shape index (κ1) is 9.35. The number of carbonyl (C=O) groups is 1. The fourth-order valence-corrected chi connectivity index (χ4v) is 1.80. The van der Waals surface area contributed by atoms with E-state index in [2.05, 4.69) is 4.98 Å². The summed E-state index contributed by atoms with van der Waals surface area (Å²) in [7, 11) is 1.60. The first-order valence-electron chi connectivity index (χ1n) is 3.61. The second kappa shape index (κ2) is 3.78. The van der Waals surface area contributed by atoms with Crippen LogP contribution in [-0.2, 0) is 11.3 Å². The molecule has 0 fully saturated rings. The average Bonchev–Trinajstić information content (AvgIpc) is 2.32. The van der Waals surface area contributed by atoms with Crippen molar-refractivity contribution in [2.24, 2.45) is 0 Å². The van der Waals surface area contributed by atoms with Gasteiger partial charge in [0.25, 0.3) is 0 Å². The van der Waals surface area contributed by atoms with Crippen LogP contribution in [0.25, 0.3) is 0 Å². The Morgan fingerprint density at radius 2 is 2.33 bits per heavy atom. The molecule has 0 aliphatic heterocycles. The average molecular weight is 185 g/mol. The molecule has 4 heteroatoms. The summed E-state index contributed by atoms with van der Waals surface area (Å²) in [5.41, 5.74) is 0.757. The zero-order valence-electron chi connectivity index (χ0n) is 7.38. The van der Waals surface area contributed by atoms with Gasteiger partial charge >= 0.3 is 0 Å². The van der Waals surface area contributed by atoms with Gasteiger partial charge in [0.2, 0.25) is 0 Å². The van der Waals surface area contributed by atoms with Gasteiger partial charge in [-0.15, -0.1) is 11.3 Å². The molecule has 0 N–H and O–H groups in total. The fraction of sp³-hybridized carbons (Fsp3) is 0.500. The Hall–Kier alpha value is -0.740. The van der Waals surface area contributed by atoms with Crippen LogP contribution in [0, 0.1) is 6.92 Å². The van der Waals surface area contributed by atoms with Gasteiger partial charge in [-0.3, -0.25) is 4.79 Å². The van der Waals surface area contributed by atoms with E-state index < -0.39 is 0 Å². The summed E-state index contributed by atoms with van der Waals surface area (Å²) in [6, 6.07) is 0. The van der Waals surface area contributed by atoms with Gasteiger partial charge in [-0.25, -0.2) is 4.98 Å². The molecule has 66 valence electrons. The lowest BCUT2D eigenvalue weighted by Gasteiger charge is -1.95. The predicted molar refractivity (Wildman–Crippen MR) is 47.6 cm³/mol. The molecule has 0 atom stereocenters. The van der Waals surface area contributed by atoms with E-state index >= 15 is 0 Å². The molecule has 12 heavy (non-hydrogen) atoms. The van der Waals surface area contributed by atoms with E-state index in [1.54, 1.807) is 14.0 Å². The van der Waals surface area contributed by atoms with Gasteiger partial charge in [0.15, 0.2) is 5.78 Å². The van der Waals surface area contributed by atoms with Crippen LogP contribution < -0.4 is 0 Å². The maximum absolute atomic E-state index is 11.1. The number of hydrogen-bond acceptors (Lipinski definition) is 4. The van der Waals surface area contributed by atoms with E-state index in [1.165, 1.54) is 11.3 Å². The molecular formula is C8H11NO2S. The molecule has 0 bridgehead atoms. The molecule has 1 rings (SSSR count). The van der Waals surface area contributed by atoms with E-state index in [0.29, 0.717) is 11.5 Å². The van der Waals surface area contributed by atoms with Crippen LogP contribution in [-0.4, -0.2) is 17.9 Å². The molecular weight excluding hydrogens is 174 g/mol. The summed E-state index contributed by atoms with van der Waals surface area (Å²) in [5, 5.41) is 0.909. The number of aryl methyl sites for hydroxylation is 1. The zero-order chi connectivity index (χ0) is 9.14. The second-order valence-electron chi connectivity index (χ2n) is 2.50. The molecule has 0 spiro atoms. The van der Waals surface area contributed by atoms with Crippen LogP contribution in [0.5, 0.6) is 0 Å². The molecule has 0 amide bonds. The Morgan fingerprint density at radius 1 is 1.67 bits per heavy atom. The summed E-state index contributed by atoms with van der Waals surface area (Å²) >= 11 is 1.42. The van der Waals surface area contributed by atoms with Gasteiger partial charge in [0, 0.05) is 14.0 Å². The molecule has 0 aliphatic carbocycles. The highest BCUT2D eigenvalue weighted by Crippen LogP contribution is 2.18.